The molecule has 0 saturated carbocycles. The predicted octanol–water partition coefficient (Wildman–Crippen LogP) is 1.71. The smallest absolute Gasteiger partial charge is 0.298 e. The molecule has 1 rings (SSSR count). The van der Waals surface area contributed by atoms with Crippen molar-refractivity contribution in [2.45, 2.75) is 20.4 Å². The minimum Gasteiger partial charge on any atom is -0.298 e. The van der Waals surface area contributed by atoms with Crippen LogP contribution in [0.1, 0.15) is 28.3 Å². The molecule has 0 aliphatic carbocycles. The fourth-order valence-corrected chi connectivity index (χ4v) is 1.04. The van der Waals surface area contributed by atoms with Crippen molar-refractivity contribution in [3.8, 4) is 0 Å². The van der Waals surface area contributed by atoms with Crippen LogP contribution in [0.25, 0.3) is 0 Å². The van der Waals surface area contributed by atoms with Crippen molar-refractivity contribution >= 4 is 6.29 Å². The van der Waals surface area contributed by atoms with E-state index in [4.69, 9.17) is 0 Å². The molecule has 0 aliphatic rings. The summed E-state index contributed by atoms with van der Waals surface area (Å²) in [5.41, 5.74) is 0.788. The number of carbonyl (C=O) groups excluding carboxylic acids is 1. The third-order valence-corrected chi connectivity index (χ3v) is 1.68. The number of halogens is 2. The van der Waals surface area contributed by atoms with Crippen LogP contribution in [0.4, 0.5) is 8.78 Å². The van der Waals surface area contributed by atoms with E-state index in [1.807, 2.05) is 0 Å². The fourth-order valence-electron chi connectivity index (χ4n) is 1.04. The monoisotopic (exact) mass is 174 g/mol. The molecule has 0 amide bonds. The van der Waals surface area contributed by atoms with Gasteiger partial charge in [0.15, 0.2) is 6.29 Å². The highest BCUT2D eigenvalue weighted by molar-refractivity contribution is 5.78. The summed E-state index contributed by atoms with van der Waals surface area (Å²) in [6, 6.07) is 0. The summed E-state index contributed by atoms with van der Waals surface area (Å²) in [5.74, 6) is 0. The molecule has 1 aromatic rings. The van der Waals surface area contributed by atoms with Crippen LogP contribution in [0.15, 0.2) is 0 Å². The molecule has 0 unspecified atom stereocenters. The first-order valence-electron chi connectivity index (χ1n) is 3.37. The van der Waals surface area contributed by atoms with E-state index in [9.17, 15) is 13.6 Å². The summed E-state index contributed by atoms with van der Waals surface area (Å²) in [4.78, 5) is 10.4. The molecule has 0 aliphatic heterocycles. The van der Waals surface area contributed by atoms with Crippen LogP contribution >= 0.6 is 0 Å². The fraction of sp³-hybridized carbons (Fsp3) is 0.429. The molecule has 1 heterocycles. The van der Waals surface area contributed by atoms with E-state index < -0.39 is 6.55 Å². The largest absolute Gasteiger partial charge is 0.333 e. The third kappa shape index (κ3) is 1.22. The summed E-state index contributed by atoms with van der Waals surface area (Å²) in [5, 5.41) is 3.52. The minimum absolute atomic E-state index is 0.206. The molecule has 0 bridgehead atoms. The molecule has 0 N–H and O–H groups in total. The van der Waals surface area contributed by atoms with Crippen LogP contribution in [0.5, 0.6) is 0 Å². The molecule has 0 spiro atoms. The highest BCUT2D eigenvalue weighted by Gasteiger charge is 2.15. The van der Waals surface area contributed by atoms with Crippen molar-refractivity contribution < 1.29 is 13.6 Å². The lowest BCUT2D eigenvalue weighted by molar-refractivity contribution is 0.0541. The number of aryl methyl sites for hydroxylation is 1. The average molecular weight is 174 g/mol. The maximum atomic E-state index is 12.1. The van der Waals surface area contributed by atoms with Gasteiger partial charge in [0.1, 0.15) is 0 Å². The van der Waals surface area contributed by atoms with Crippen molar-refractivity contribution in [1.29, 1.82) is 0 Å². The summed E-state index contributed by atoms with van der Waals surface area (Å²) >= 11 is 0. The Hall–Kier alpha value is -1.26. The Kier molecular flexibility index (Phi) is 2.21. The zero-order valence-electron chi connectivity index (χ0n) is 6.71. The van der Waals surface area contributed by atoms with E-state index in [2.05, 4.69) is 5.10 Å². The van der Waals surface area contributed by atoms with Crippen LogP contribution in [0.3, 0.4) is 0 Å². The highest BCUT2D eigenvalue weighted by Crippen LogP contribution is 2.17. The lowest BCUT2D eigenvalue weighted by Crippen LogP contribution is -2.02. The molecule has 0 fully saturated rings. The van der Waals surface area contributed by atoms with Crippen molar-refractivity contribution in [3.05, 3.63) is 17.0 Å². The molecule has 3 nitrogen and oxygen atoms in total. The van der Waals surface area contributed by atoms with Crippen LogP contribution in [0.2, 0.25) is 0 Å². The van der Waals surface area contributed by atoms with E-state index in [0.29, 0.717) is 16.7 Å². The van der Waals surface area contributed by atoms with Crippen molar-refractivity contribution in [2.24, 2.45) is 0 Å². The highest BCUT2D eigenvalue weighted by atomic mass is 19.3. The van der Waals surface area contributed by atoms with Crippen LogP contribution in [0, 0.1) is 13.8 Å². The van der Waals surface area contributed by atoms with Crippen LogP contribution in [-0.4, -0.2) is 16.1 Å². The number of nitrogens with zero attached hydrogens (tertiary/aromatic N) is 2. The van der Waals surface area contributed by atoms with Gasteiger partial charge in [-0.15, -0.1) is 0 Å². The van der Waals surface area contributed by atoms with Crippen LogP contribution < -0.4 is 0 Å². The first kappa shape index (κ1) is 8.83. The molecule has 5 heteroatoms. The van der Waals surface area contributed by atoms with E-state index in [1.165, 1.54) is 13.8 Å². The Morgan fingerprint density at radius 1 is 1.50 bits per heavy atom. The zero-order chi connectivity index (χ0) is 9.30. The van der Waals surface area contributed by atoms with Gasteiger partial charge < -0.3 is 0 Å². The predicted molar refractivity (Wildman–Crippen MR) is 38.3 cm³/mol. The Balaban J connectivity index is 3.26. The normalized spacial score (nSPS) is 10.8. The molecule has 12 heavy (non-hydrogen) atoms. The van der Waals surface area contributed by atoms with Gasteiger partial charge in [-0.3, -0.25) is 4.79 Å². The summed E-state index contributed by atoms with van der Waals surface area (Å²) in [6.07, 6.45) is 0.538. The summed E-state index contributed by atoms with van der Waals surface area (Å²) in [6.45, 7) is 0.281. The van der Waals surface area contributed by atoms with Crippen molar-refractivity contribution in [2.75, 3.05) is 0 Å². The van der Waals surface area contributed by atoms with Crippen LogP contribution in [-0.2, 0) is 0 Å². The topological polar surface area (TPSA) is 34.9 Å². The van der Waals surface area contributed by atoms with Gasteiger partial charge in [-0.2, -0.15) is 13.9 Å². The number of rotatable bonds is 2. The molecule has 1 aromatic heterocycles. The van der Waals surface area contributed by atoms with Gasteiger partial charge in [0.2, 0.25) is 0 Å². The van der Waals surface area contributed by atoms with Gasteiger partial charge in [0.25, 0.3) is 0 Å². The molecule has 0 radical (unpaired) electrons. The van der Waals surface area contributed by atoms with E-state index in [1.54, 1.807) is 0 Å². The molecular formula is C7H8F2N2O. The maximum absolute atomic E-state index is 12.1. The van der Waals surface area contributed by atoms with Gasteiger partial charge in [-0.25, -0.2) is 4.68 Å². The summed E-state index contributed by atoms with van der Waals surface area (Å²) in [7, 11) is 0. The van der Waals surface area contributed by atoms with Gasteiger partial charge in [-0.1, -0.05) is 0 Å². The number of aldehydes is 1. The standard InChI is InChI=1S/C7H8F2N2O/c1-4-6(3-12)5(2)11(10-4)7(8)9/h3,7H,1-2H3. The Morgan fingerprint density at radius 3 is 2.33 bits per heavy atom. The minimum atomic E-state index is -2.68. The molecule has 0 aromatic carbocycles. The Bertz CT molecular complexity index is 307. The Morgan fingerprint density at radius 2 is 2.08 bits per heavy atom. The number of hydrogen-bond acceptors (Lipinski definition) is 2. The lowest BCUT2D eigenvalue weighted by atomic mass is 10.2. The number of alkyl halides is 2. The number of aromatic nitrogens is 2. The molecule has 0 atom stereocenters. The first-order valence-corrected chi connectivity index (χ1v) is 3.37. The number of hydrogen-bond donors (Lipinski definition) is 0. The Labute approximate surface area is 68.0 Å². The lowest BCUT2D eigenvalue weighted by Gasteiger charge is -2.00. The van der Waals surface area contributed by atoms with Crippen molar-refractivity contribution in [3.63, 3.8) is 0 Å². The first-order chi connectivity index (χ1) is 5.57. The van der Waals surface area contributed by atoms with Gasteiger partial charge in [0, 0.05) is 0 Å². The molecular weight excluding hydrogens is 166 g/mol. The van der Waals surface area contributed by atoms with E-state index in [0.717, 1.165) is 0 Å². The second-order valence-electron chi connectivity index (χ2n) is 2.42. The van der Waals surface area contributed by atoms with Gasteiger partial charge >= 0.3 is 6.55 Å². The van der Waals surface area contributed by atoms with Crippen molar-refractivity contribution in [1.82, 2.24) is 9.78 Å². The average Bonchev–Trinajstić information content (AvgIpc) is 2.27. The van der Waals surface area contributed by atoms with E-state index in [-0.39, 0.29) is 11.3 Å². The number of carbonyl (C=O) groups is 1. The zero-order valence-corrected chi connectivity index (χ0v) is 6.71. The second kappa shape index (κ2) is 3.00. The van der Waals surface area contributed by atoms with Gasteiger partial charge in [0.05, 0.1) is 17.0 Å². The molecule has 0 saturated heterocycles. The second-order valence-corrected chi connectivity index (χ2v) is 2.42. The van der Waals surface area contributed by atoms with Gasteiger partial charge in [-0.05, 0) is 13.8 Å². The third-order valence-electron chi connectivity index (χ3n) is 1.68. The summed E-state index contributed by atoms with van der Waals surface area (Å²) < 4.78 is 24.8. The SMILES string of the molecule is Cc1nn(C(F)F)c(C)c1C=O. The molecule has 66 valence electrons. The maximum Gasteiger partial charge on any atom is 0.333 e. The quantitative estimate of drug-likeness (QED) is 0.639. The van der Waals surface area contributed by atoms with E-state index >= 15 is 0 Å².